The Morgan fingerprint density at radius 1 is 0.957 bits per heavy atom. The number of benzene rings is 1. The predicted octanol–water partition coefficient (Wildman–Crippen LogP) is -14.1. The van der Waals surface area contributed by atoms with Crippen LogP contribution in [0, 0.1) is 0 Å². The minimum Gasteiger partial charge on any atom is -0.808 e. The number of nitrogens with two attached hydrogens (primary N) is 1. The molecule has 1 aromatic carbocycles. The molecule has 1 atom stereocenters. The standard InChI is InChI=1S/C9H15NO7P2.4Na/c1-6(7-2-4-8(10)5-3-7)9(11,18(12,13)14)19(15,16)17;;;;/h2-6,11H,10H2,1H3,(H2,12,13,14)(H2,15,16,17);;;;/q;4*+1/p-4. The van der Waals surface area contributed by atoms with E-state index in [1.54, 1.807) is 0 Å². The van der Waals surface area contributed by atoms with E-state index in [4.69, 9.17) is 5.73 Å². The van der Waals surface area contributed by atoms with E-state index >= 15 is 0 Å². The van der Waals surface area contributed by atoms with Crippen LogP contribution in [0.2, 0.25) is 0 Å². The minimum absolute atomic E-state index is 0. The van der Waals surface area contributed by atoms with Crippen molar-refractivity contribution in [1.82, 2.24) is 0 Å². The molecule has 8 nitrogen and oxygen atoms in total. The van der Waals surface area contributed by atoms with Gasteiger partial charge in [-0.1, -0.05) is 19.1 Å². The van der Waals surface area contributed by atoms with Crippen LogP contribution in [0.1, 0.15) is 18.4 Å². The van der Waals surface area contributed by atoms with Crippen LogP contribution in [-0.4, -0.2) is 10.2 Å². The Bertz CT molecular complexity index is 540. The first-order valence-corrected chi connectivity index (χ1v) is 8.12. The molecule has 0 saturated carbocycles. The van der Waals surface area contributed by atoms with Crippen molar-refractivity contribution in [2.45, 2.75) is 17.9 Å². The van der Waals surface area contributed by atoms with Crippen LogP contribution in [0.15, 0.2) is 24.3 Å². The molecule has 0 aliphatic rings. The van der Waals surface area contributed by atoms with Crippen molar-refractivity contribution in [3.63, 3.8) is 0 Å². The summed E-state index contributed by atoms with van der Waals surface area (Å²) < 4.78 is 22.0. The van der Waals surface area contributed by atoms with E-state index < -0.39 is 26.2 Å². The zero-order valence-electron chi connectivity index (χ0n) is 13.8. The van der Waals surface area contributed by atoms with Crippen LogP contribution in [0.5, 0.6) is 0 Å². The zero-order valence-corrected chi connectivity index (χ0v) is 23.5. The van der Waals surface area contributed by atoms with Gasteiger partial charge in [0.05, 0.1) is 0 Å². The monoisotopic (exact) mass is 399 g/mol. The van der Waals surface area contributed by atoms with Crippen molar-refractivity contribution in [3.8, 4) is 0 Å². The van der Waals surface area contributed by atoms with Crippen molar-refractivity contribution in [2.75, 3.05) is 5.73 Å². The Balaban J connectivity index is -0.000000451. The summed E-state index contributed by atoms with van der Waals surface area (Å²) in [5.41, 5.74) is 5.68. The van der Waals surface area contributed by atoms with E-state index in [1.165, 1.54) is 24.3 Å². The normalized spacial score (nSPS) is 12.6. The molecule has 108 valence electrons. The van der Waals surface area contributed by atoms with Gasteiger partial charge in [-0.15, -0.1) is 0 Å². The van der Waals surface area contributed by atoms with Crippen molar-refractivity contribution >= 4 is 20.9 Å². The minimum atomic E-state index is -6.11. The summed E-state index contributed by atoms with van der Waals surface area (Å²) in [5, 5.41) is 5.75. The molecule has 0 fully saturated rings. The molecule has 0 aliphatic carbocycles. The quantitative estimate of drug-likeness (QED) is 0.285. The van der Waals surface area contributed by atoms with Crippen LogP contribution < -0.4 is 144 Å². The second-order valence-corrected chi connectivity index (χ2v) is 7.78. The third-order valence-corrected chi connectivity index (χ3v) is 6.68. The molecule has 0 aromatic heterocycles. The molecular formula is C9H11NNa4O7P2. The number of nitrogen functional groups attached to an aromatic ring is 1. The molecule has 0 spiro atoms. The molecule has 0 saturated heterocycles. The van der Waals surface area contributed by atoms with Gasteiger partial charge in [0.25, 0.3) is 0 Å². The fraction of sp³-hybridized carbons (Fsp3) is 0.333. The first-order chi connectivity index (χ1) is 8.41. The van der Waals surface area contributed by atoms with Gasteiger partial charge in [0, 0.05) is 11.6 Å². The fourth-order valence-corrected chi connectivity index (χ4v) is 4.08. The van der Waals surface area contributed by atoms with Gasteiger partial charge in [-0.25, -0.2) is 0 Å². The van der Waals surface area contributed by atoms with Crippen LogP contribution >= 0.6 is 15.2 Å². The average molecular weight is 399 g/mol. The van der Waals surface area contributed by atoms with E-state index in [2.05, 4.69) is 0 Å². The van der Waals surface area contributed by atoms with Gasteiger partial charge in [0.15, 0.2) is 0 Å². The van der Waals surface area contributed by atoms with Crippen LogP contribution in [0.3, 0.4) is 0 Å². The summed E-state index contributed by atoms with van der Waals surface area (Å²) in [6.07, 6.45) is 0. The molecule has 0 heterocycles. The molecule has 23 heavy (non-hydrogen) atoms. The smallest absolute Gasteiger partial charge is 0.808 e. The van der Waals surface area contributed by atoms with Gasteiger partial charge in [0.1, 0.15) is 5.08 Å². The second-order valence-electron chi connectivity index (χ2n) is 4.07. The molecule has 1 rings (SSSR count). The van der Waals surface area contributed by atoms with Crippen molar-refractivity contribution in [2.24, 2.45) is 0 Å². The molecule has 1 aromatic rings. The molecule has 1 unspecified atom stereocenters. The third kappa shape index (κ3) is 8.04. The summed E-state index contributed by atoms with van der Waals surface area (Å²) in [5.74, 6) is -1.74. The maximum atomic E-state index is 11.0. The van der Waals surface area contributed by atoms with E-state index in [0.717, 1.165) is 6.92 Å². The summed E-state index contributed by atoms with van der Waals surface area (Å²) in [6, 6.07) is 5.06. The summed E-state index contributed by atoms with van der Waals surface area (Å²) in [6.45, 7) is 0.955. The molecule has 3 N–H and O–H groups in total. The van der Waals surface area contributed by atoms with Crippen LogP contribution in [-0.2, 0) is 9.13 Å². The van der Waals surface area contributed by atoms with Gasteiger partial charge < -0.3 is 39.5 Å². The Kier molecular flexibility index (Phi) is 18.7. The number of rotatable bonds is 4. The number of aliphatic hydroxyl groups is 1. The molecular weight excluding hydrogens is 388 g/mol. The second kappa shape index (κ2) is 12.7. The number of hydrogen-bond donors (Lipinski definition) is 2. The maximum absolute atomic E-state index is 11.0. The van der Waals surface area contributed by atoms with Crippen molar-refractivity contribution in [1.29, 1.82) is 0 Å². The number of anilines is 1. The molecule has 0 amide bonds. The molecule has 0 radical (unpaired) electrons. The zero-order chi connectivity index (χ0) is 15.1. The average Bonchev–Trinajstić information content (AvgIpc) is 2.25. The topological polar surface area (TPSA) is 173 Å². The summed E-state index contributed by atoms with van der Waals surface area (Å²) in [4.78, 5) is 44.0. The molecule has 0 bridgehead atoms. The Labute approximate surface area is 222 Å². The first kappa shape index (κ1) is 33.8. The van der Waals surface area contributed by atoms with Gasteiger partial charge >= 0.3 is 118 Å². The summed E-state index contributed by atoms with van der Waals surface area (Å²) >= 11 is 0. The van der Waals surface area contributed by atoms with E-state index in [0.29, 0.717) is 5.69 Å². The third-order valence-electron chi connectivity index (χ3n) is 2.82. The molecule has 14 heteroatoms. The summed E-state index contributed by atoms with van der Waals surface area (Å²) in [7, 11) is -12.2. The van der Waals surface area contributed by atoms with Gasteiger partial charge in [-0.3, -0.25) is 0 Å². The van der Waals surface area contributed by atoms with Crippen molar-refractivity contribution < 1.29 is 152 Å². The Morgan fingerprint density at radius 2 is 1.26 bits per heavy atom. The van der Waals surface area contributed by atoms with E-state index in [1.807, 2.05) is 0 Å². The SMILES string of the molecule is CC(c1ccc(N)cc1)C(O)(P(=O)([O-])[O-])P(=O)([O-])[O-].[Na+].[Na+].[Na+].[Na+]. The van der Waals surface area contributed by atoms with Gasteiger partial charge in [-0.05, 0) is 32.9 Å². The van der Waals surface area contributed by atoms with E-state index in [9.17, 15) is 33.8 Å². The fourth-order valence-electron chi connectivity index (χ4n) is 1.63. The van der Waals surface area contributed by atoms with Crippen molar-refractivity contribution in [3.05, 3.63) is 29.8 Å². The predicted molar refractivity (Wildman–Crippen MR) is 59.4 cm³/mol. The largest absolute Gasteiger partial charge is 1.00 e. The molecule has 0 aliphatic heterocycles. The van der Waals surface area contributed by atoms with E-state index in [-0.39, 0.29) is 124 Å². The van der Waals surface area contributed by atoms with Crippen LogP contribution in [0.4, 0.5) is 5.69 Å². The Morgan fingerprint density at radius 3 is 1.52 bits per heavy atom. The van der Waals surface area contributed by atoms with Gasteiger partial charge in [-0.2, -0.15) is 0 Å². The Hall–Kier alpha value is 3.28. The first-order valence-electron chi connectivity index (χ1n) is 5.03. The number of hydrogen-bond acceptors (Lipinski definition) is 8. The maximum Gasteiger partial charge on any atom is 1.00 e. The van der Waals surface area contributed by atoms with Crippen LogP contribution in [0.25, 0.3) is 0 Å². The van der Waals surface area contributed by atoms with Gasteiger partial charge in [0.2, 0.25) is 0 Å².